The van der Waals surface area contributed by atoms with Crippen molar-refractivity contribution in [2.45, 2.75) is 6.92 Å². The summed E-state index contributed by atoms with van der Waals surface area (Å²) in [5, 5.41) is 10.2. The third-order valence-electron chi connectivity index (χ3n) is 4.08. The fraction of sp³-hybridized carbons (Fsp3) is 0.150. The van der Waals surface area contributed by atoms with Crippen LogP contribution < -0.4 is 4.74 Å². The monoisotopic (exact) mass is 412 g/mol. The van der Waals surface area contributed by atoms with E-state index in [-0.39, 0.29) is 16.2 Å². The van der Waals surface area contributed by atoms with Gasteiger partial charge in [-0.15, -0.1) is 0 Å². The number of imide groups is 1. The van der Waals surface area contributed by atoms with Crippen LogP contribution in [-0.4, -0.2) is 39.9 Å². The first-order valence-electron chi connectivity index (χ1n) is 8.65. The Bertz CT molecular complexity index is 1020. The molecule has 1 heterocycles. The number of amides is 2. The van der Waals surface area contributed by atoms with Crippen LogP contribution in [0.25, 0.3) is 6.08 Å². The lowest BCUT2D eigenvalue weighted by Crippen LogP contribution is -2.33. The summed E-state index contributed by atoms with van der Waals surface area (Å²) < 4.78 is 5.52. The summed E-state index contributed by atoms with van der Waals surface area (Å²) in [6.45, 7) is 1.86. The zero-order valence-electron chi connectivity index (χ0n) is 15.4. The zero-order chi connectivity index (χ0) is 21.0. The van der Waals surface area contributed by atoms with Crippen LogP contribution in [0.1, 0.15) is 22.8 Å². The van der Waals surface area contributed by atoms with E-state index in [9.17, 15) is 24.5 Å². The number of carbonyl (C=O) groups excluding carboxylic acids is 3. The predicted molar refractivity (Wildman–Crippen MR) is 108 cm³/mol. The molecule has 0 aromatic heterocycles. The molecule has 0 spiro atoms. The van der Waals surface area contributed by atoms with E-state index in [1.54, 1.807) is 30.3 Å². The molecule has 0 N–H and O–H groups in total. The SMILES string of the molecule is CCOc1ccccc1/C=C1/SC(=O)N(CC(=O)c2ccc([N+](=O)[O-])cc2)C1=O. The summed E-state index contributed by atoms with van der Waals surface area (Å²) in [5.41, 5.74) is 0.686. The summed E-state index contributed by atoms with van der Waals surface area (Å²) in [4.78, 5) is 48.5. The lowest BCUT2D eigenvalue weighted by Gasteiger charge is -2.11. The van der Waals surface area contributed by atoms with Gasteiger partial charge < -0.3 is 4.74 Å². The molecular formula is C20H16N2O6S. The molecule has 148 valence electrons. The van der Waals surface area contributed by atoms with E-state index in [0.29, 0.717) is 17.9 Å². The van der Waals surface area contributed by atoms with Crippen LogP contribution in [0.3, 0.4) is 0 Å². The Kier molecular flexibility index (Phi) is 6.08. The Hall–Kier alpha value is -3.46. The van der Waals surface area contributed by atoms with Crippen molar-refractivity contribution in [2.75, 3.05) is 13.2 Å². The molecule has 0 saturated carbocycles. The van der Waals surface area contributed by atoms with E-state index in [4.69, 9.17) is 4.74 Å². The number of ketones is 1. The van der Waals surface area contributed by atoms with Crippen molar-refractivity contribution in [1.29, 1.82) is 0 Å². The van der Waals surface area contributed by atoms with Gasteiger partial charge in [0.15, 0.2) is 5.78 Å². The minimum atomic E-state index is -0.574. The minimum absolute atomic E-state index is 0.149. The van der Waals surface area contributed by atoms with Gasteiger partial charge in [0.05, 0.1) is 23.0 Å². The molecule has 8 nitrogen and oxygen atoms in total. The van der Waals surface area contributed by atoms with Gasteiger partial charge in [0.2, 0.25) is 0 Å². The minimum Gasteiger partial charge on any atom is -0.493 e. The Morgan fingerprint density at radius 1 is 1.17 bits per heavy atom. The normalized spacial score (nSPS) is 15.1. The predicted octanol–water partition coefficient (Wildman–Crippen LogP) is 3.91. The van der Waals surface area contributed by atoms with Crippen molar-refractivity contribution in [1.82, 2.24) is 4.90 Å². The molecule has 2 aromatic rings. The fourth-order valence-corrected chi connectivity index (χ4v) is 3.50. The molecule has 0 radical (unpaired) electrons. The van der Waals surface area contributed by atoms with Crippen molar-refractivity contribution < 1.29 is 24.0 Å². The third-order valence-corrected chi connectivity index (χ3v) is 4.99. The summed E-state index contributed by atoms with van der Waals surface area (Å²) >= 11 is 0.748. The van der Waals surface area contributed by atoms with Gasteiger partial charge >= 0.3 is 0 Å². The van der Waals surface area contributed by atoms with E-state index in [0.717, 1.165) is 16.7 Å². The van der Waals surface area contributed by atoms with Crippen LogP contribution >= 0.6 is 11.8 Å². The van der Waals surface area contributed by atoms with Gasteiger partial charge in [-0.2, -0.15) is 0 Å². The number of rotatable bonds is 7. The average molecular weight is 412 g/mol. The molecule has 3 rings (SSSR count). The number of non-ortho nitro benzene ring substituents is 1. The number of hydrogen-bond donors (Lipinski definition) is 0. The maximum Gasteiger partial charge on any atom is 0.293 e. The Labute approximate surface area is 170 Å². The van der Waals surface area contributed by atoms with Crippen molar-refractivity contribution in [3.8, 4) is 5.75 Å². The Morgan fingerprint density at radius 2 is 1.86 bits per heavy atom. The molecule has 2 amide bonds. The molecule has 9 heteroatoms. The van der Waals surface area contributed by atoms with Gasteiger partial charge in [0, 0.05) is 23.3 Å². The third kappa shape index (κ3) is 4.52. The number of Topliss-reactive ketones (excluding diaryl/α,β-unsaturated/α-hetero) is 1. The van der Waals surface area contributed by atoms with Crippen molar-refractivity contribution in [3.05, 3.63) is 74.7 Å². The van der Waals surface area contributed by atoms with Gasteiger partial charge in [-0.1, -0.05) is 18.2 Å². The molecule has 1 fully saturated rings. The second-order valence-corrected chi connectivity index (χ2v) is 6.96. The molecule has 0 atom stereocenters. The van der Waals surface area contributed by atoms with Gasteiger partial charge in [0.25, 0.3) is 16.8 Å². The lowest BCUT2D eigenvalue weighted by molar-refractivity contribution is -0.384. The quantitative estimate of drug-likeness (QED) is 0.294. The van der Waals surface area contributed by atoms with E-state index in [2.05, 4.69) is 0 Å². The highest BCUT2D eigenvalue weighted by Gasteiger charge is 2.36. The van der Waals surface area contributed by atoms with Crippen molar-refractivity contribution in [2.24, 2.45) is 0 Å². The van der Waals surface area contributed by atoms with Crippen LogP contribution in [0.5, 0.6) is 5.75 Å². The van der Waals surface area contributed by atoms with Crippen LogP contribution in [0, 0.1) is 10.1 Å². The van der Waals surface area contributed by atoms with Gasteiger partial charge in [-0.05, 0) is 43.0 Å². The molecule has 29 heavy (non-hydrogen) atoms. The Morgan fingerprint density at radius 3 is 2.52 bits per heavy atom. The summed E-state index contributed by atoms with van der Waals surface area (Å²) in [7, 11) is 0. The number of nitro benzene ring substituents is 1. The van der Waals surface area contributed by atoms with Crippen molar-refractivity contribution in [3.63, 3.8) is 0 Å². The molecule has 1 saturated heterocycles. The second kappa shape index (κ2) is 8.70. The molecule has 0 unspecified atom stereocenters. The number of benzene rings is 2. The first-order valence-corrected chi connectivity index (χ1v) is 9.47. The highest BCUT2D eigenvalue weighted by atomic mass is 32.2. The molecular weight excluding hydrogens is 396 g/mol. The number of para-hydroxylation sites is 1. The first-order chi connectivity index (χ1) is 13.9. The topological polar surface area (TPSA) is 107 Å². The standard InChI is InChI=1S/C20H16N2O6S/c1-2-28-17-6-4-3-5-14(17)11-18-19(24)21(20(25)29-18)12-16(23)13-7-9-15(10-8-13)22(26)27/h3-11H,2,12H2,1H3/b18-11+. The smallest absolute Gasteiger partial charge is 0.293 e. The van der Waals surface area contributed by atoms with Crippen molar-refractivity contribution >= 4 is 40.5 Å². The zero-order valence-corrected chi connectivity index (χ0v) is 16.2. The highest BCUT2D eigenvalue weighted by Crippen LogP contribution is 2.34. The van der Waals surface area contributed by atoms with Crippen LogP contribution in [-0.2, 0) is 4.79 Å². The first kappa shape index (κ1) is 20.3. The van der Waals surface area contributed by atoms with E-state index in [1.165, 1.54) is 24.3 Å². The van der Waals surface area contributed by atoms with E-state index in [1.807, 2.05) is 6.92 Å². The number of ether oxygens (including phenoxy) is 1. The number of nitro groups is 1. The van der Waals surface area contributed by atoms with E-state index >= 15 is 0 Å². The van der Waals surface area contributed by atoms with Crippen LogP contribution in [0.2, 0.25) is 0 Å². The van der Waals surface area contributed by atoms with Gasteiger partial charge in [-0.25, -0.2) is 0 Å². The lowest BCUT2D eigenvalue weighted by atomic mass is 10.1. The number of thioether (sulfide) groups is 1. The Balaban J connectivity index is 1.77. The average Bonchev–Trinajstić information content (AvgIpc) is 2.97. The summed E-state index contributed by atoms with van der Waals surface area (Å²) in [6.07, 6.45) is 1.56. The molecule has 0 aliphatic carbocycles. The largest absolute Gasteiger partial charge is 0.493 e. The molecule has 0 bridgehead atoms. The summed E-state index contributed by atoms with van der Waals surface area (Å²) in [6, 6.07) is 12.1. The van der Waals surface area contributed by atoms with Gasteiger partial charge in [0.1, 0.15) is 5.75 Å². The maximum absolute atomic E-state index is 12.6. The fourth-order valence-electron chi connectivity index (χ4n) is 2.67. The second-order valence-electron chi connectivity index (χ2n) is 5.97. The molecule has 1 aliphatic rings. The number of hydrogen-bond acceptors (Lipinski definition) is 7. The maximum atomic E-state index is 12.6. The van der Waals surface area contributed by atoms with E-state index < -0.39 is 28.4 Å². The summed E-state index contributed by atoms with van der Waals surface area (Å²) in [5.74, 6) is -0.469. The molecule has 2 aromatic carbocycles. The number of carbonyl (C=O) groups is 3. The highest BCUT2D eigenvalue weighted by molar-refractivity contribution is 8.18. The van der Waals surface area contributed by atoms with Crippen LogP contribution in [0.4, 0.5) is 10.5 Å². The van der Waals surface area contributed by atoms with Gasteiger partial charge in [-0.3, -0.25) is 29.4 Å². The van der Waals surface area contributed by atoms with Crippen LogP contribution in [0.15, 0.2) is 53.4 Å². The molecule has 1 aliphatic heterocycles. The number of nitrogens with zero attached hydrogens (tertiary/aromatic N) is 2.